The molecular weight excluding hydrogens is 572 g/mol. The molecule has 2 aromatic carbocycles. The molecular formula is C18H17BrClF2IN2O3. The molecule has 0 fully saturated rings. The van der Waals surface area contributed by atoms with Crippen molar-refractivity contribution < 1.29 is 23.5 Å². The third-order valence-corrected chi connectivity index (χ3v) is 5.35. The molecule has 152 valence electrons. The Bertz CT molecular complexity index is 873. The normalized spacial score (nSPS) is 12.0. The van der Waals surface area contributed by atoms with Gasteiger partial charge in [0.25, 0.3) is 5.91 Å². The Labute approximate surface area is 188 Å². The van der Waals surface area contributed by atoms with Crippen LogP contribution in [0.5, 0.6) is 0 Å². The van der Waals surface area contributed by atoms with E-state index in [9.17, 15) is 18.7 Å². The maximum absolute atomic E-state index is 14.6. The highest BCUT2D eigenvalue weighted by molar-refractivity contribution is 14.1. The summed E-state index contributed by atoms with van der Waals surface area (Å²) >= 11 is 11.1. The number of rotatable bonds is 8. The van der Waals surface area contributed by atoms with E-state index < -0.39 is 23.6 Å². The lowest BCUT2D eigenvalue weighted by atomic mass is 10.1. The Hall–Kier alpha value is -1.01. The van der Waals surface area contributed by atoms with Crippen molar-refractivity contribution in [2.75, 3.05) is 11.9 Å². The van der Waals surface area contributed by atoms with Crippen molar-refractivity contribution in [2.24, 2.45) is 0 Å². The van der Waals surface area contributed by atoms with Gasteiger partial charge in [-0.3, -0.25) is 9.63 Å². The topological polar surface area (TPSA) is 70.6 Å². The van der Waals surface area contributed by atoms with Gasteiger partial charge in [0.15, 0.2) is 11.6 Å². The molecule has 1 amide bonds. The Morgan fingerprint density at radius 3 is 2.71 bits per heavy atom. The predicted octanol–water partition coefficient (Wildman–Crippen LogP) is 5.55. The van der Waals surface area contributed by atoms with Crippen molar-refractivity contribution in [2.45, 2.75) is 25.9 Å². The smallest absolute Gasteiger partial charge is 0.277 e. The molecule has 0 aliphatic rings. The molecule has 10 heteroatoms. The number of anilines is 2. The van der Waals surface area contributed by atoms with E-state index in [1.165, 1.54) is 0 Å². The van der Waals surface area contributed by atoms with E-state index in [1.807, 2.05) is 6.92 Å². The summed E-state index contributed by atoms with van der Waals surface area (Å²) in [6.45, 7) is 1.88. The third kappa shape index (κ3) is 5.99. The van der Waals surface area contributed by atoms with Crippen LogP contribution >= 0.6 is 50.1 Å². The van der Waals surface area contributed by atoms with Gasteiger partial charge in [0.2, 0.25) is 0 Å². The van der Waals surface area contributed by atoms with Crippen LogP contribution in [0.2, 0.25) is 5.02 Å². The molecule has 2 rings (SSSR count). The number of carbonyl (C=O) groups is 1. The van der Waals surface area contributed by atoms with Gasteiger partial charge in [0.1, 0.15) is 0 Å². The molecule has 0 radical (unpaired) electrons. The maximum atomic E-state index is 14.6. The lowest BCUT2D eigenvalue weighted by molar-refractivity contribution is 0.0161. The van der Waals surface area contributed by atoms with Crippen LogP contribution in [0.1, 0.15) is 30.1 Å². The number of hydroxylamine groups is 1. The second-order valence-electron chi connectivity index (χ2n) is 5.79. The average Bonchev–Trinajstić information content (AvgIpc) is 2.66. The molecule has 0 spiro atoms. The van der Waals surface area contributed by atoms with Crippen LogP contribution < -0.4 is 10.8 Å². The van der Waals surface area contributed by atoms with Gasteiger partial charge in [-0.2, -0.15) is 0 Å². The second kappa shape index (κ2) is 10.7. The van der Waals surface area contributed by atoms with Crippen molar-refractivity contribution in [3.63, 3.8) is 0 Å². The van der Waals surface area contributed by atoms with Crippen LogP contribution in [0.3, 0.4) is 0 Å². The summed E-state index contributed by atoms with van der Waals surface area (Å²) in [4.78, 5) is 17.5. The van der Waals surface area contributed by atoms with E-state index in [4.69, 9.17) is 16.4 Å². The fourth-order valence-corrected chi connectivity index (χ4v) is 3.50. The quantitative estimate of drug-likeness (QED) is 0.164. The number of aliphatic hydroxyl groups is 1. The number of aliphatic hydroxyl groups excluding tert-OH is 1. The molecule has 1 atom stereocenters. The van der Waals surface area contributed by atoms with E-state index in [0.717, 1.165) is 9.64 Å². The second-order valence-corrected chi connectivity index (χ2v) is 8.30. The zero-order chi connectivity index (χ0) is 20.8. The summed E-state index contributed by atoms with van der Waals surface area (Å²) in [5, 5.41) is 12.4. The summed E-state index contributed by atoms with van der Waals surface area (Å²) < 4.78 is 29.2. The van der Waals surface area contributed by atoms with E-state index in [-0.39, 0.29) is 27.4 Å². The lowest BCUT2D eigenvalue weighted by Gasteiger charge is -2.16. The van der Waals surface area contributed by atoms with Crippen molar-refractivity contribution >= 4 is 67.4 Å². The van der Waals surface area contributed by atoms with Gasteiger partial charge in [-0.25, -0.2) is 14.3 Å². The van der Waals surface area contributed by atoms with E-state index in [2.05, 4.69) is 49.3 Å². The van der Waals surface area contributed by atoms with Crippen molar-refractivity contribution in [1.82, 2.24) is 5.48 Å². The zero-order valence-corrected chi connectivity index (χ0v) is 19.2. The minimum absolute atomic E-state index is 0.0668. The minimum Gasteiger partial charge on any atom is -0.393 e. The van der Waals surface area contributed by atoms with E-state index in [0.29, 0.717) is 18.5 Å². The first-order valence-electron chi connectivity index (χ1n) is 8.24. The lowest BCUT2D eigenvalue weighted by Crippen LogP contribution is -2.26. The highest BCUT2D eigenvalue weighted by atomic mass is 127. The number of nitrogens with one attached hydrogen (secondary N) is 2. The van der Waals surface area contributed by atoms with Gasteiger partial charge in [-0.1, -0.05) is 18.5 Å². The Morgan fingerprint density at radius 1 is 1.36 bits per heavy atom. The van der Waals surface area contributed by atoms with Gasteiger partial charge in [0.05, 0.1) is 39.1 Å². The van der Waals surface area contributed by atoms with Crippen LogP contribution in [-0.2, 0) is 4.84 Å². The molecule has 5 nitrogen and oxygen atoms in total. The molecule has 0 aliphatic heterocycles. The van der Waals surface area contributed by atoms with Crippen molar-refractivity contribution in [3.8, 4) is 0 Å². The Morgan fingerprint density at radius 2 is 2.07 bits per heavy atom. The van der Waals surface area contributed by atoms with Crippen LogP contribution in [0.4, 0.5) is 20.2 Å². The van der Waals surface area contributed by atoms with E-state index >= 15 is 0 Å². The third-order valence-electron chi connectivity index (χ3n) is 3.79. The van der Waals surface area contributed by atoms with Gasteiger partial charge >= 0.3 is 0 Å². The van der Waals surface area contributed by atoms with Crippen LogP contribution in [0.15, 0.2) is 28.7 Å². The number of halogens is 5. The Balaban J connectivity index is 2.26. The zero-order valence-electron chi connectivity index (χ0n) is 14.7. The number of amides is 1. The first-order chi connectivity index (χ1) is 13.2. The van der Waals surface area contributed by atoms with Gasteiger partial charge < -0.3 is 10.4 Å². The van der Waals surface area contributed by atoms with Crippen molar-refractivity contribution in [1.29, 1.82) is 0 Å². The maximum Gasteiger partial charge on any atom is 0.277 e. The molecule has 3 N–H and O–H groups in total. The summed E-state index contributed by atoms with van der Waals surface area (Å²) in [5.74, 6) is -3.17. The van der Waals surface area contributed by atoms with Crippen LogP contribution in [0.25, 0.3) is 0 Å². The molecule has 1 unspecified atom stereocenters. The number of carbonyl (C=O) groups excluding carboxylic acids is 1. The SMILES string of the molecule is CCC(O)CCONC(=O)c1cc(Br)c(F)c(F)c1Nc1ccc(I)cc1Cl. The first-order valence-corrected chi connectivity index (χ1v) is 10.5. The van der Waals surface area contributed by atoms with Gasteiger partial charge in [-0.15, -0.1) is 0 Å². The average molecular weight is 590 g/mol. The molecule has 0 bridgehead atoms. The highest BCUT2D eigenvalue weighted by Gasteiger charge is 2.23. The molecule has 0 aliphatic carbocycles. The van der Waals surface area contributed by atoms with Crippen LogP contribution in [-0.4, -0.2) is 23.7 Å². The monoisotopic (exact) mass is 588 g/mol. The van der Waals surface area contributed by atoms with Crippen molar-refractivity contribution in [3.05, 3.63) is 54.5 Å². The standard InChI is InChI=1S/C18H17BrClF2IN2O3/c1-2-10(26)5-6-28-25-18(27)11-8-12(19)15(21)16(22)17(11)24-14-4-3-9(23)7-13(14)20/h3-4,7-8,10,24,26H,2,5-6H2,1H3,(H,25,27). The fraction of sp³-hybridized carbons (Fsp3) is 0.278. The minimum atomic E-state index is -1.24. The number of hydrogen-bond donors (Lipinski definition) is 3. The molecule has 0 saturated carbocycles. The van der Waals surface area contributed by atoms with Gasteiger partial charge in [-0.05, 0) is 75.6 Å². The van der Waals surface area contributed by atoms with Gasteiger partial charge in [0, 0.05) is 3.57 Å². The number of hydrogen-bond acceptors (Lipinski definition) is 4. The fourth-order valence-electron chi connectivity index (χ4n) is 2.19. The first kappa shape index (κ1) is 23.3. The molecule has 28 heavy (non-hydrogen) atoms. The predicted molar refractivity (Wildman–Crippen MR) is 116 cm³/mol. The van der Waals surface area contributed by atoms with Crippen LogP contribution in [0, 0.1) is 15.2 Å². The highest BCUT2D eigenvalue weighted by Crippen LogP contribution is 2.34. The Kier molecular flexibility index (Phi) is 8.87. The summed E-state index contributed by atoms with van der Waals surface area (Å²) in [6, 6.07) is 6.10. The number of benzene rings is 2. The summed E-state index contributed by atoms with van der Waals surface area (Å²) in [5.41, 5.74) is 1.92. The molecule has 0 saturated heterocycles. The molecule has 2 aromatic rings. The summed E-state index contributed by atoms with van der Waals surface area (Å²) in [7, 11) is 0. The molecule has 0 heterocycles. The molecule has 0 aromatic heterocycles. The largest absolute Gasteiger partial charge is 0.393 e. The van der Waals surface area contributed by atoms with E-state index in [1.54, 1.807) is 18.2 Å². The summed E-state index contributed by atoms with van der Waals surface area (Å²) in [6.07, 6.45) is 0.328.